The molecule has 1 aromatic carbocycles. The second kappa shape index (κ2) is 19.8. The maximum Gasteiger partial charge on any atom is 0.311 e. The maximum atomic E-state index is 14.6. The van der Waals surface area contributed by atoms with E-state index in [0.717, 1.165) is 22.0 Å². The van der Waals surface area contributed by atoms with E-state index >= 15 is 0 Å². The molecule has 2 aromatic rings. The molecular formula is C47H71N3O10. The van der Waals surface area contributed by atoms with Crippen LogP contribution in [0, 0.1) is 17.8 Å². The number of cyclic esters (lactones) is 1. The van der Waals surface area contributed by atoms with Gasteiger partial charge in [-0.3, -0.25) is 19.5 Å². The Kier molecular flexibility index (Phi) is 15.8. The van der Waals surface area contributed by atoms with Crippen LogP contribution in [0.2, 0.25) is 0 Å². The molecule has 5 rings (SSSR count). The first-order chi connectivity index (χ1) is 28.2. The lowest BCUT2D eigenvalue weighted by Gasteiger charge is -2.48. The van der Waals surface area contributed by atoms with Crippen molar-refractivity contribution in [1.82, 2.24) is 14.8 Å². The highest BCUT2D eigenvalue weighted by atomic mass is 16.7. The van der Waals surface area contributed by atoms with E-state index in [4.69, 9.17) is 28.4 Å². The standard InChI is InChI=1S/C47H71N3O10/c1-14-38(35-21-34-18-16-17-19-36(34)48-23-35)58-40-31(7)43(60-45-41(57-33(9)51)37(49(12)13)20-30(6)56-45)46(10,53)22-29(5)50-24-27(3)26-55-42(28(4)25-50)47(11,54)39(15-2)59-44(52)32(40)8/h14,16-19,21,23,28-32,37-43,45,53-54H,1,3,15,20,22,24-26H2,2,4-13H3/t28-,29+,30+,31-,32+,37-,38?,39+,40-,41+,42+,43+,45-,46+,47+/m0/s1. The largest absolute Gasteiger partial charge is 0.459 e. The fourth-order valence-electron chi connectivity index (χ4n) is 9.83. The lowest BCUT2D eigenvalue weighted by atomic mass is 9.78. The highest BCUT2D eigenvalue weighted by Gasteiger charge is 2.52. The number of aliphatic hydroxyl groups is 2. The van der Waals surface area contributed by atoms with E-state index in [1.807, 2.05) is 77.0 Å². The van der Waals surface area contributed by atoms with Gasteiger partial charge in [-0.05, 0) is 91.6 Å². The predicted molar refractivity (Wildman–Crippen MR) is 230 cm³/mol. The third-order valence-corrected chi connectivity index (χ3v) is 12.9. The molecule has 1 aromatic heterocycles. The van der Waals surface area contributed by atoms with Gasteiger partial charge in [0.2, 0.25) is 0 Å². The molecular weight excluding hydrogens is 767 g/mol. The van der Waals surface area contributed by atoms with E-state index in [-0.39, 0.29) is 37.1 Å². The van der Waals surface area contributed by atoms with Gasteiger partial charge < -0.3 is 43.5 Å². The fraction of sp³-hybridized carbons (Fsp3) is 0.681. The van der Waals surface area contributed by atoms with Gasteiger partial charge in [-0.2, -0.15) is 0 Å². The average Bonchev–Trinajstić information content (AvgIpc) is 3.17. The molecule has 13 heteroatoms. The topological polar surface area (TPSA) is 149 Å². The highest BCUT2D eigenvalue weighted by Crippen LogP contribution is 2.40. The summed E-state index contributed by atoms with van der Waals surface area (Å²) in [4.78, 5) is 36.2. The minimum Gasteiger partial charge on any atom is -0.459 e. The summed E-state index contributed by atoms with van der Waals surface area (Å²) in [6.07, 6.45) is -2.07. The lowest BCUT2D eigenvalue weighted by molar-refractivity contribution is -0.303. The number of aromatic nitrogens is 1. The van der Waals surface area contributed by atoms with E-state index in [9.17, 15) is 19.8 Å². The maximum absolute atomic E-state index is 14.6. The van der Waals surface area contributed by atoms with Crippen LogP contribution in [0.5, 0.6) is 0 Å². The number of likely N-dealkylation sites (N-methyl/N-ethyl adjacent to an activating group) is 1. The van der Waals surface area contributed by atoms with Gasteiger partial charge in [-0.25, -0.2) is 0 Å². The Morgan fingerprint density at radius 3 is 2.48 bits per heavy atom. The summed E-state index contributed by atoms with van der Waals surface area (Å²) in [5.41, 5.74) is -0.806. The van der Waals surface area contributed by atoms with Crippen molar-refractivity contribution in [2.24, 2.45) is 17.8 Å². The Balaban J connectivity index is 1.67. The number of hydrogen-bond acceptors (Lipinski definition) is 13. The lowest BCUT2D eigenvalue weighted by Crippen LogP contribution is -2.60. The second-order valence-electron chi connectivity index (χ2n) is 18.4. The van der Waals surface area contributed by atoms with Crippen LogP contribution in [0.25, 0.3) is 10.9 Å². The number of benzene rings is 1. The van der Waals surface area contributed by atoms with Gasteiger partial charge in [0.1, 0.15) is 17.8 Å². The number of carbonyl (C=O) groups excluding carboxylic acids is 2. The zero-order chi connectivity index (χ0) is 44.3. The van der Waals surface area contributed by atoms with E-state index < -0.39 is 77.9 Å². The number of esters is 2. The van der Waals surface area contributed by atoms with Crippen molar-refractivity contribution in [3.05, 3.63) is 66.9 Å². The van der Waals surface area contributed by atoms with E-state index in [2.05, 4.69) is 30.0 Å². The van der Waals surface area contributed by atoms with Crippen molar-refractivity contribution in [1.29, 1.82) is 0 Å². The molecule has 0 amide bonds. The predicted octanol–water partition coefficient (Wildman–Crippen LogP) is 6.01. The number of fused-ring (bicyclic) bond motifs is 4. The van der Waals surface area contributed by atoms with Gasteiger partial charge in [0, 0.05) is 49.1 Å². The first-order valence-corrected chi connectivity index (χ1v) is 21.6. The molecule has 2 bridgehead atoms. The first kappa shape index (κ1) is 47.8. The first-order valence-electron chi connectivity index (χ1n) is 21.6. The number of rotatable bonds is 9. The van der Waals surface area contributed by atoms with Crippen LogP contribution in [-0.4, -0.2) is 137 Å². The fourth-order valence-corrected chi connectivity index (χ4v) is 9.83. The second-order valence-corrected chi connectivity index (χ2v) is 18.4. The molecule has 0 radical (unpaired) electrons. The molecule has 3 fully saturated rings. The van der Waals surface area contributed by atoms with Crippen LogP contribution >= 0.6 is 0 Å². The van der Waals surface area contributed by atoms with Crippen LogP contribution in [0.3, 0.4) is 0 Å². The van der Waals surface area contributed by atoms with Crippen LogP contribution in [0.15, 0.2) is 61.3 Å². The summed E-state index contributed by atoms with van der Waals surface area (Å²) in [5, 5.41) is 26.2. The molecule has 4 heterocycles. The van der Waals surface area contributed by atoms with Crippen molar-refractivity contribution in [2.45, 2.75) is 154 Å². The van der Waals surface area contributed by atoms with Gasteiger partial charge in [0.05, 0.1) is 54.1 Å². The Hall–Kier alpha value is -3.27. The van der Waals surface area contributed by atoms with Crippen molar-refractivity contribution in [2.75, 3.05) is 33.8 Å². The molecule has 13 nitrogen and oxygen atoms in total. The van der Waals surface area contributed by atoms with Crippen LogP contribution in [0.4, 0.5) is 0 Å². The third kappa shape index (κ3) is 10.8. The Labute approximate surface area is 357 Å². The number of hydrogen-bond donors (Lipinski definition) is 2. The minimum atomic E-state index is -1.59. The zero-order valence-corrected chi connectivity index (χ0v) is 37.7. The van der Waals surface area contributed by atoms with Gasteiger partial charge in [0.15, 0.2) is 12.4 Å². The molecule has 0 aliphatic carbocycles. The summed E-state index contributed by atoms with van der Waals surface area (Å²) < 4.78 is 39.2. The molecule has 3 aliphatic heterocycles. The molecule has 16 atom stereocenters. The molecule has 0 spiro atoms. The minimum absolute atomic E-state index is 0.202. The van der Waals surface area contributed by atoms with E-state index in [1.165, 1.54) is 6.92 Å². The molecule has 3 saturated heterocycles. The molecule has 0 saturated carbocycles. The van der Waals surface area contributed by atoms with Crippen LogP contribution in [-0.2, 0) is 38.0 Å². The normalized spacial score (nSPS) is 39.2. The van der Waals surface area contributed by atoms with Crippen molar-refractivity contribution < 1.29 is 48.2 Å². The molecule has 3 aliphatic rings. The summed E-state index contributed by atoms with van der Waals surface area (Å²) in [6, 6.07) is 9.27. The number of ether oxygens (including phenoxy) is 6. The summed E-state index contributed by atoms with van der Waals surface area (Å²) >= 11 is 0. The van der Waals surface area contributed by atoms with E-state index in [0.29, 0.717) is 25.9 Å². The van der Waals surface area contributed by atoms with Crippen molar-refractivity contribution in [3.63, 3.8) is 0 Å². The number of para-hydroxylation sites is 1. The smallest absolute Gasteiger partial charge is 0.311 e. The van der Waals surface area contributed by atoms with Gasteiger partial charge in [-0.15, -0.1) is 6.58 Å². The van der Waals surface area contributed by atoms with Crippen LogP contribution < -0.4 is 0 Å². The highest BCUT2D eigenvalue weighted by molar-refractivity contribution is 5.79. The monoisotopic (exact) mass is 838 g/mol. The average molecular weight is 838 g/mol. The van der Waals surface area contributed by atoms with E-state index in [1.54, 1.807) is 33.0 Å². The number of nitrogens with zero attached hydrogens (tertiary/aromatic N) is 3. The summed E-state index contributed by atoms with van der Waals surface area (Å²) in [6.45, 7) is 25.9. The van der Waals surface area contributed by atoms with Crippen molar-refractivity contribution in [3.8, 4) is 0 Å². The Morgan fingerprint density at radius 1 is 1.13 bits per heavy atom. The van der Waals surface area contributed by atoms with Crippen LogP contribution in [0.1, 0.15) is 93.2 Å². The van der Waals surface area contributed by atoms with Crippen molar-refractivity contribution >= 4 is 22.8 Å². The Bertz CT molecular complexity index is 1800. The molecule has 60 heavy (non-hydrogen) atoms. The summed E-state index contributed by atoms with van der Waals surface area (Å²) in [7, 11) is 3.84. The molecule has 2 N–H and O–H groups in total. The SMILES string of the molecule is C=CC(O[C@H]1[C@H](C)[C@@H](O[C@@H]2O[C@H](C)C[C@H](N(C)C)[C@H]2OC(C)=O)[C@](C)(O)C[C@@H](C)N2CC(=C)CO[C@H]([C@@H](C)C2)[C@](C)(O)[C@@H](CC)OC(=O)[C@@H]1C)c1cnc2ccccc2c1. The van der Waals surface area contributed by atoms with Gasteiger partial charge in [0.25, 0.3) is 0 Å². The van der Waals surface area contributed by atoms with Gasteiger partial charge in [-0.1, -0.05) is 51.6 Å². The number of carbonyl (C=O) groups is 2. The third-order valence-electron chi connectivity index (χ3n) is 12.9. The Morgan fingerprint density at radius 2 is 1.83 bits per heavy atom. The van der Waals surface area contributed by atoms with Gasteiger partial charge >= 0.3 is 11.9 Å². The molecule has 2 unspecified atom stereocenters. The number of pyridine rings is 1. The molecule has 334 valence electrons. The quantitative estimate of drug-likeness (QED) is 0.225. The summed E-state index contributed by atoms with van der Waals surface area (Å²) in [5.74, 6) is -2.98. The zero-order valence-electron chi connectivity index (χ0n) is 37.7.